The number of hydroxylamine groups is 1. The number of hydrogen-bond acceptors (Lipinski definition) is 6. The molecule has 2 saturated heterocycles. The van der Waals surface area contributed by atoms with Gasteiger partial charge in [-0.25, -0.2) is 5.06 Å². The van der Waals surface area contributed by atoms with Crippen molar-refractivity contribution in [3.63, 3.8) is 0 Å². The monoisotopic (exact) mass is 486 g/mol. The molecule has 36 heavy (non-hydrogen) atoms. The summed E-state index contributed by atoms with van der Waals surface area (Å²) in [6.45, 7) is 2.93. The predicted molar refractivity (Wildman–Crippen MR) is 135 cm³/mol. The fourth-order valence-electron chi connectivity index (χ4n) is 4.85. The van der Waals surface area contributed by atoms with E-state index >= 15 is 0 Å². The zero-order valence-corrected chi connectivity index (χ0v) is 20.5. The zero-order chi connectivity index (χ0) is 25.1. The molecule has 3 atom stereocenters. The van der Waals surface area contributed by atoms with Crippen molar-refractivity contribution in [2.24, 2.45) is 5.92 Å². The molecule has 3 aromatic rings. The molecule has 186 valence electrons. The van der Waals surface area contributed by atoms with Gasteiger partial charge >= 0.3 is 0 Å². The van der Waals surface area contributed by atoms with Crippen LogP contribution in [-0.4, -0.2) is 36.5 Å². The number of fused-ring (bicyclic) bond motifs is 1. The molecule has 7 nitrogen and oxygen atoms in total. The minimum Gasteiger partial charge on any atom is -0.493 e. The van der Waals surface area contributed by atoms with E-state index in [0.717, 1.165) is 29.7 Å². The van der Waals surface area contributed by atoms with E-state index in [0.29, 0.717) is 18.1 Å². The highest BCUT2D eigenvalue weighted by molar-refractivity contribution is 6.07. The Morgan fingerprint density at radius 3 is 2.31 bits per heavy atom. The highest BCUT2D eigenvalue weighted by atomic mass is 16.7. The van der Waals surface area contributed by atoms with Gasteiger partial charge in [-0.1, -0.05) is 67.9 Å². The Morgan fingerprint density at radius 2 is 1.61 bits per heavy atom. The van der Waals surface area contributed by atoms with Crippen LogP contribution >= 0.6 is 0 Å². The number of imide groups is 1. The first-order valence-corrected chi connectivity index (χ1v) is 12.3. The third-order valence-electron chi connectivity index (χ3n) is 6.69. The summed E-state index contributed by atoms with van der Waals surface area (Å²) in [5.74, 6) is -0.00444. The zero-order valence-electron chi connectivity index (χ0n) is 20.5. The highest BCUT2D eigenvalue weighted by Gasteiger charge is 2.59. The molecule has 3 aromatic carbocycles. The number of methoxy groups -OCH3 is 1. The number of ether oxygens (including phenoxy) is 2. The van der Waals surface area contributed by atoms with Gasteiger partial charge < -0.3 is 9.47 Å². The van der Waals surface area contributed by atoms with Crippen molar-refractivity contribution in [2.75, 3.05) is 18.8 Å². The van der Waals surface area contributed by atoms with Gasteiger partial charge in [0.2, 0.25) is 5.91 Å². The number of carbonyl (C=O) groups excluding carboxylic acids is 2. The molecule has 0 N–H and O–H groups in total. The SMILES string of the molecule is CCCCOc1ccc([C@@H]2[C@@H]3C(=O)N(Cc4ccccc4)C(=O)[C@H]3ON2c2ccccc2)cc1OC. The van der Waals surface area contributed by atoms with E-state index in [1.54, 1.807) is 12.2 Å². The number of likely N-dealkylation sites (tertiary alicyclic amines) is 1. The molecule has 2 heterocycles. The van der Waals surface area contributed by atoms with Crippen LogP contribution in [0.5, 0.6) is 11.5 Å². The normalized spacial score (nSPS) is 21.1. The number of rotatable bonds is 9. The topological polar surface area (TPSA) is 68.3 Å². The van der Waals surface area contributed by atoms with Gasteiger partial charge in [-0.05, 0) is 41.8 Å². The second-order valence-corrected chi connectivity index (χ2v) is 9.02. The molecule has 2 amide bonds. The molecule has 0 aliphatic carbocycles. The first-order chi connectivity index (χ1) is 17.6. The quantitative estimate of drug-likeness (QED) is 0.316. The Labute approximate surface area is 211 Å². The summed E-state index contributed by atoms with van der Waals surface area (Å²) in [6, 6.07) is 24.2. The van der Waals surface area contributed by atoms with Crippen molar-refractivity contribution >= 4 is 17.5 Å². The number of para-hydroxylation sites is 1. The van der Waals surface area contributed by atoms with Gasteiger partial charge in [-0.15, -0.1) is 0 Å². The molecular formula is C29H30N2O5. The summed E-state index contributed by atoms with van der Waals surface area (Å²) in [7, 11) is 1.60. The maximum absolute atomic E-state index is 13.7. The van der Waals surface area contributed by atoms with Crippen molar-refractivity contribution in [1.82, 2.24) is 4.90 Å². The molecule has 7 heteroatoms. The lowest BCUT2D eigenvalue weighted by Crippen LogP contribution is -2.36. The average molecular weight is 487 g/mol. The van der Waals surface area contributed by atoms with Gasteiger partial charge in [-0.2, -0.15) is 0 Å². The van der Waals surface area contributed by atoms with Crippen molar-refractivity contribution < 1.29 is 23.9 Å². The van der Waals surface area contributed by atoms with Crippen LogP contribution in [0.3, 0.4) is 0 Å². The fraction of sp³-hybridized carbons (Fsp3) is 0.310. The standard InChI is InChI=1S/C29H30N2O5/c1-3-4-17-35-23-16-15-21(18-24(23)34-2)26-25-27(36-31(26)22-13-9-6-10-14-22)29(33)30(28(25)32)19-20-11-7-5-8-12-20/h5-16,18,25-27H,3-4,17,19H2,1-2H3/t25-,26+,27-/m0/s1. The average Bonchev–Trinajstić information content (AvgIpc) is 3.42. The minimum atomic E-state index is -0.891. The first kappa shape index (κ1) is 23.9. The molecule has 2 fully saturated rings. The van der Waals surface area contributed by atoms with Crippen molar-refractivity contribution in [3.05, 3.63) is 90.0 Å². The number of unbranched alkanes of at least 4 members (excludes halogenated alkanes) is 1. The van der Waals surface area contributed by atoms with Crippen molar-refractivity contribution in [1.29, 1.82) is 0 Å². The van der Waals surface area contributed by atoms with E-state index in [9.17, 15) is 9.59 Å². The second kappa shape index (κ2) is 10.4. The van der Waals surface area contributed by atoms with Gasteiger partial charge in [-0.3, -0.25) is 19.3 Å². The smallest absolute Gasteiger partial charge is 0.262 e. The Kier molecular flexibility index (Phi) is 6.91. The lowest BCUT2D eigenvalue weighted by atomic mass is 9.90. The molecule has 2 aliphatic rings. The molecule has 0 aromatic heterocycles. The molecule has 0 unspecified atom stereocenters. The van der Waals surface area contributed by atoms with E-state index in [-0.39, 0.29) is 18.4 Å². The number of amides is 2. The van der Waals surface area contributed by atoms with Crippen molar-refractivity contribution in [2.45, 2.75) is 38.5 Å². The van der Waals surface area contributed by atoms with Gasteiger partial charge in [0.25, 0.3) is 5.91 Å². The van der Waals surface area contributed by atoms with Crippen LogP contribution in [-0.2, 0) is 21.0 Å². The van der Waals surface area contributed by atoms with E-state index in [1.165, 1.54) is 4.90 Å². The predicted octanol–water partition coefficient (Wildman–Crippen LogP) is 4.92. The van der Waals surface area contributed by atoms with Gasteiger partial charge in [0, 0.05) is 0 Å². The van der Waals surface area contributed by atoms with E-state index in [1.807, 2.05) is 78.9 Å². The van der Waals surface area contributed by atoms with Crippen LogP contribution in [0, 0.1) is 5.92 Å². The third kappa shape index (κ3) is 4.42. The van der Waals surface area contributed by atoms with Gasteiger partial charge in [0.1, 0.15) is 5.92 Å². The molecular weight excluding hydrogens is 456 g/mol. The molecule has 2 aliphatic heterocycles. The van der Waals surface area contributed by atoms with Gasteiger partial charge in [0.15, 0.2) is 17.6 Å². The van der Waals surface area contributed by atoms with Crippen LogP contribution in [0.4, 0.5) is 5.69 Å². The van der Waals surface area contributed by atoms with E-state index < -0.39 is 18.1 Å². The van der Waals surface area contributed by atoms with E-state index in [4.69, 9.17) is 14.3 Å². The summed E-state index contributed by atoms with van der Waals surface area (Å²) in [5, 5.41) is 1.69. The molecule has 0 saturated carbocycles. The number of anilines is 1. The first-order valence-electron chi connectivity index (χ1n) is 12.3. The summed E-state index contributed by atoms with van der Waals surface area (Å²) < 4.78 is 11.5. The molecule has 0 radical (unpaired) electrons. The number of benzene rings is 3. The Morgan fingerprint density at radius 1 is 0.889 bits per heavy atom. The number of carbonyl (C=O) groups is 2. The fourth-order valence-corrected chi connectivity index (χ4v) is 4.85. The molecule has 5 rings (SSSR count). The van der Waals surface area contributed by atoms with Gasteiger partial charge in [0.05, 0.1) is 32.0 Å². The Balaban J connectivity index is 1.50. The second-order valence-electron chi connectivity index (χ2n) is 9.02. The van der Waals surface area contributed by atoms with Crippen LogP contribution in [0.15, 0.2) is 78.9 Å². The molecule has 0 bridgehead atoms. The molecule has 0 spiro atoms. The van der Waals surface area contributed by atoms with Crippen molar-refractivity contribution in [3.8, 4) is 11.5 Å². The largest absolute Gasteiger partial charge is 0.493 e. The summed E-state index contributed by atoms with van der Waals surface area (Å²) in [4.78, 5) is 34.6. The third-order valence-corrected chi connectivity index (χ3v) is 6.69. The van der Waals surface area contributed by atoms with Crippen LogP contribution < -0.4 is 14.5 Å². The minimum absolute atomic E-state index is 0.223. The van der Waals surface area contributed by atoms with Crippen LogP contribution in [0.2, 0.25) is 0 Å². The Hall–Kier alpha value is -3.84. The van der Waals surface area contributed by atoms with Crippen LogP contribution in [0.25, 0.3) is 0 Å². The maximum atomic E-state index is 13.7. The van der Waals surface area contributed by atoms with E-state index in [2.05, 4.69) is 6.92 Å². The number of hydrogen-bond donors (Lipinski definition) is 0. The Bertz CT molecular complexity index is 1220. The highest BCUT2D eigenvalue weighted by Crippen LogP contribution is 2.48. The summed E-state index contributed by atoms with van der Waals surface area (Å²) >= 11 is 0. The summed E-state index contributed by atoms with van der Waals surface area (Å²) in [5.41, 5.74) is 2.48. The lowest BCUT2D eigenvalue weighted by molar-refractivity contribution is -0.143. The summed E-state index contributed by atoms with van der Waals surface area (Å²) in [6.07, 6.45) is 1.09. The lowest BCUT2D eigenvalue weighted by Gasteiger charge is -2.29. The number of nitrogens with zero attached hydrogens (tertiary/aromatic N) is 2. The van der Waals surface area contributed by atoms with Crippen LogP contribution in [0.1, 0.15) is 36.9 Å². The maximum Gasteiger partial charge on any atom is 0.262 e.